The fourth-order valence-corrected chi connectivity index (χ4v) is 18.0. The molecule has 0 amide bonds. The number of hydrogen-bond acceptors (Lipinski definition) is 5. The van der Waals surface area contributed by atoms with Crippen LogP contribution in [-0.2, 0) is 0 Å². The standard InChI is InChI=1S/5C20H14BN/c1-2-8-16-15(7-1)11-12-18-20(16)17-9-3-4-10-19(17)22-14-6-5-13-21(18)22;1-2-8-16-14-19-18(13-15(16)7-1)17-9-3-4-10-20(17)22-12-6-5-11-21(19)22;1-2-6-18-15(5-1)7-8-16-14-20-17(13-19(16)18)9-12-22-11-4-3-10-21(20)22;1-2-6-18-15(5-1)7-8-16-13-17-9-12-22-11-4-3-10-21(22)20(17)14-19(16)18;1-2-6-16-12-19-14-20-17(13-18(19)11-15(16)5-1)7-10-22-9-4-3-8-21(20)22/h5*1-14H. The van der Waals surface area contributed by atoms with Gasteiger partial charge in [0.25, 0.3) is 0 Å². The highest BCUT2D eigenvalue weighted by Gasteiger charge is 2.36. The summed E-state index contributed by atoms with van der Waals surface area (Å²) in [7, 11) is 0. The highest BCUT2D eigenvalue weighted by atomic mass is 15.1. The molecule has 0 N–H and O–H groups in total. The molecule has 15 aromatic rings. The Labute approximate surface area is 643 Å². The van der Waals surface area contributed by atoms with Crippen molar-refractivity contribution in [3.63, 3.8) is 0 Å². The smallest absolute Gasteiger partial charge is 0.320 e. The Hall–Kier alpha value is -13.7. The molecule has 0 bridgehead atoms. The minimum Gasteiger partial charge on any atom is -0.389 e. The molecule has 0 saturated carbocycles. The maximum Gasteiger partial charge on any atom is 0.320 e. The van der Waals surface area contributed by atoms with Crippen molar-refractivity contribution in [2.75, 3.05) is 9.62 Å². The quantitative estimate of drug-likeness (QED) is 0.0852. The van der Waals surface area contributed by atoms with Gasteiger partial charge < -0.3 is 24.1 Å². The molecule has 0 fully saturated rings. The second-order valence-corrected chi connectivity index (χ2v) is 29.5. The normalized spacial score (nSPS) is 15.2. The largest absolute Gasteiger partial charge is 0.389 e. The Bertz CT molecular complexity index is 6710. The molecule has 10 heteroatoms. The number of nitrogens with zero attached hydrogens (tertiary/aromatic N) is 5. The van der Waals surface area contributed by atoms with E-state index < -0.39 is 0 Å². The van der Waals surface area contributed by atoms with Gasteiger partial charge in [0.05, 0.1) is 0 Å². The van der Waals surface area contributed by atoms with E-state index in [-0.39, 0.29) is 0 Å². The Morgan fingerprint density at radius 2 is 0.555 bits per heavy atom. The van der Waals surface area contributed by atoms with Gasteiger partial charge in [-0.1, -0.05) is 279 Å². The van der Waals surface area contributed by atoms with E-state index in [2.05, 4.69) is 449 Å². The molecule has 10 aliphatic heterocycles. The van der Waals surface area contributed by atoms with Crippen LogP contribution in [0.1, 0.15) is 16.7 Å². The molecule has 0 spiro atoms. The highest BCUT2D eigenvalue weighted by Crippen LogP contribution is 2.42. The van der Waals surface area contributed by atoms with E-state index in [0.717, 1.165) is 0 Å². The van der Waals surface area contributed by atoms with Gasteiger partial charge in [0, 0.05) is 22.5 Å². The van der Waals surface area contributed by atoms with Gasteiger partial charge in [-0.2, -0.15) is 0 Å². The van der Waals surface area contributed by atoms with Gasteiger partial charge in [0.1, 0.15) is 0 Å². The number of para-hydroxylation sites is 2. The fraction of sp³-hybridized carbons (Fsp3) is 0. The summed E-state index contributed by atoms with van der Waals surface area (Å²) in [4.78, 5) is 11.5. The van der Waals surface area contributed by atoms with Crippen molar-refractivity contribution in [3.05, 3.63) is 424 Å². The van der Waals surface area contributed by atoms with Crippen LogP contribution in [0.25, 0.3) is 127 Å². The van der Waals surface area contributed by atoms with Crippen molar-refractivity contribution < 1.29 is 0 Å². The van der Waals surface area contributed by atoms with E-state index in [1.165, 1.54) is 164 Å². The first-order chi connectivity index (χ1) is 54.5. The minimum atomic E-state index is 0.291. The number of anilines is 2. The highest BCUT2D eigenvalue weighted by molar-refractivity contribution is 6.85. The van der Waals surface area contributed by atoms with Gasteiger partial charge in [0.15, 0.2) is 0 Å². The van der Waals surface area contributed by atoms with Crippen molar-refractivity contribution in [1.82, 2.24) is 14.4 Å². The van der Waals surface area contributed by atoms with Crippen molar-refractivity contribution in [3.8, 4) is 22.3 Å². The van der Waals surface area contributed by atoms with E-state index in [0.29, 0.717) is 34.2 Å². The molecular weight excluding hydrogens is 1330 g/mol. The summed E-state index contributed by atoms with van der Waals surface area (Å²) in [5.74, 6) is 11.3. The molecule has 10 aliphatic rings. The van der Waals surface area contributed by atoms with Crippen LogP contribution < -0.4 is 36.9 Å². The summed E-state index contributed by atoms with van der Waals surface area (Å²) >= 11 is 0. The molecular formula is C100H70B5N5. The van der Waals surface area contributed by atoms with Crippen molar-refractivity contribution >= 4 is 177 Å². The van der Waals surface area contributed by atoms with Crippen LogP contribution in [-0.4, -0.2) is 48.7 Å². The van der Waals surface area contributed by atoms with Crippen LogP contribution in [0.2, 0.25) is 0 Å². The zero-order valence-electron chi connectivity index (χ0n) is 60.5. The molecule has 0 radical (unpaired) electrons. The molecule has 110 heavy (non-hydrogen) atoms. The number of allylic oxidation sites excluding steroid dienone is 10. The first-order valence-electron chi connectivity index (χ1n) is 38.3. The zero-order chi connectivity index (χ0) is 72.6. The summed E-state index contributed by atoms with van der Waals surface area (Å²) in [6.07, 6.45) is 45.1. The van der Waals surface area contributed by atoms with Crippen LogP contribution in [0.3, 0.4) is 0 Å². The predicted octanol–water partition coefficient (Wildman–Crippen LogP) is 20.6. The fourth-order valence-electron chi connectivity index (χ4n) is 18.0. The average molecular weight is 1400 g/mol. The summed E-state index contributed by atoms with van der Waals surface area (Å²) in [6, 6.07) is 97.3. The molecule has 0 atom stereocenters. The summed E-state index contributed by atoms with van der Waals surface area (Å²) in [5.41, 5.74) is 18.8. The first-order valence-corrected chi connectivity index (χ1v) is 38.3. The number of hydrogen-bond donors (Lipinski definition) is 0. The maximum atomic E-state index is 2.37. The zero-order valence-corrected chi connectivity index (χ0v) is 60.5. The van der Waals surface area contributed by atoms with Crippen molar-refractivity contribution in [1.29, 1.82) is 0 Å². The molecule has 25 rings (SSSR count). The van der Waals surface area contributed by atoms with Gasteiger partial charge in [-0.25, -0.2) is 0 Å². The Kier molecular flexibility index (Phi) is 16.0. The van der Waals surface area contributed by atoms with E-state index in [9.17, 15) is 0 Å². The second-order valence-electron chi connectivity index (χ2n) is 29.5. The average Bonchev–Trinajstić information content (AvgIpc) is 1.09. The summed E-state index contributed by atoms with van der Waals surface area (Å²) in [5, 5.41) is 21.1. The molecule has 5 nitrogen and oxygen atoms in total. The molecule has 0 aromatic heterocycles. The number of fused-ring (bicyclic) bond motifs is 32. The molecule has 510 valence electrons. The maximum absolute atomic E-state index is 2.37. The Morgan fingerprint density at radius 1 is 0.191 bits per heavy atom. The Morgan fingerprint density at radius 3 is 1.13 bits per heavy atom. The van der Waals surface area contributed by atoms with Crippen LogP contribution >= 0.6 is 0 Å². The van der Waals surface area contributed by atoms with Crippen LogP contribution in [0.15, 0.2) is 407 Å². The summed E-state index contributed by atoms with van der Waals surface area (Å²) < 4.78 is 0. The van der Waals surface area contributed by atoms with Crippen molar-refractivity contribution in [2.45, 2.75) is 0 Å². The van der Waals surface area contributed by atoms with Gasteiger partial charge >= 0.3 is 34.2 Å². The summed E-state index contributed by atoms with van der Waals surface area (Å²) in [6.45, 7) is 1.54. The number of benzene rings is 15. The second kappa shape index (κ2) is 27.3. The van der Waals surface area contributed by atoms with E-state index in [1.54, 1.807) is 0 Å². The minimum absolute atomic E-state index is 0.291. The molecule has 10 heterocycles. The first kappa shape index (κ1) is 64.7. The molecule has 0 unspecified atom stereocenters. The Balaban J connectivity index is 0.0000000873. The monoisotopic (exact) mass is 1400 g/mol. The van der Waals surface area contributed by atoms with Gasteiger partial charge in [-0.15, -0.1) is 0 Å². The lowest BCUT2D eigenvalue weighted by atomic mass is 9.49. The third-order valence-electron chi connectivity index (χ3n) is 23.3. The molecule has 0 saturated heterocycles. The van der Waals surface area contributed by atoms with E-state index >= 15 is 0 Å². The van der Waals surface area contributed by atoms with E-state index in [4.69, 9.17) is 0 Å². The third kappa shape index (κ3) is 11.4. The number of rotatable bonds is 0. The van der Waals surface area contributed by atoms with Crippen molar-refractivity contribution in [2.24, 2.45) is 0 Å². The van der Waals surface area contributed by atoms with Crippen LogP contribution in [0.4, 0.5) is 11.4 Å². The van der Waals surface area contributed by atoms with Crippen LogP contribution in [0, 0.1) is 0 Å². The van der Waals surface area contributed by atoms with Gasteiger partial charge in [0.2, 0.25) is 0 Å². The van der Waals surface area contributed by atoms with Gasteiger partial charge in [-0.3, -0.25) is 0 Å². The van der Waals surface area contributed by atoms with Crippen LogP contribution in [0.5, 0.6) is 0 Å². The lowest BCUT2D eigenvalue weighted by Gasteiger charge is -2.36. The van der Waals surface area contributed by atoms with E-state index in [1.807, 2.05) is 0 Å². The lowest BCUT2D eigenvalue weighted by molar-refractivity contribution is 0.797. The predicted molar refractivity (Wildman–Crippen MR) is 479 cm³/mol. The topological polar surface area (TPSA) is 16.2 Å². The lowest BCUT2D eigenvalue weighted by Crippen LogP contribution is -2.49. The third-order valence-corrected chi connectivity index (χ3v) is 23.3. The SMILES string of the molecule is C1=CB2c3cc4c(ccc5ccccc54)cc3C=CN2C=C1.C1=CB2c3cc4cc5ccccc5cc4cc3C=CN2C=C1.C1=CB2c3cc4ccc5ccccc5c4cc3C=CN2C=C1.C1=CB2c3cc4ccccc4cc3-c3ccccc3N2C=C1.C1=CB2c3ccc4ccccc4c3-c3ccccc3N2C=C1. The molecule has 15 aromatic carbocycles. The van der Waals surface area contributed by atoms with Gasteiger partial charge in [-0.05, 0) is 288 Å². The molecule has 0 aliphatic carbocycles.